The predicted octanol–water partition coefficient (Wildman–Crippen LogP) is 7.49. The molecule has 0 radical (unpaired) electrons. The molecule has 134 valence electrons. The number of benzene rings is 4. The van der Waals surface area contributed by atoms with Crippen molar-refractivity contribution in [2.75, 3.05) is 0 Å². The summed E-state index contributed by atoms with van der Waals surface area (Å²) < 4.78 is 0. The van der Waals surface area contributed by atoms with E-state index in [9.17, 15) is 0 Å². The molecule has 28 heavy (non-hydrogen) atoms. The number of pyridine rings is 1. The Balaban J connectivity index is 1.81. The first-order valence-corrected chi connectivity index (χ1v) is 9.92. The summed E-state index contributed by atoms with van der Waals surface area (Å²) in [5.74, 6) is 0. The molecule has 0 saturated carbocycles. The largest absolute Gasteiger partial charge is 0.247 e. The first kappa shape index (κ1) is 15.8. The van der Waals surface area contributed by atoms with Gasteiger partial charge in [-0.1, -0.05) is 81.4 Å². The molecule has 1 heterocycles. The van der Waals surface area contributed by atoms with E-state index in [0.717, 1.165) is 11.2 Å². The molecule has 0 spiro atoms. The highest BCUT2D eigenvalue weighted by molar-refractivity contribution is 6.18. The summed E-state index contributed by atoms with van der Waals surface area (Å²) in [7, 11) is 0. The molecular weight excluding hydrogens is 338 g/mol. The second-order valence-electron chi connectivity index (χ2n) is 8.88. The highest BCUT2D eigenvalue weighted by Gasteiger charge is 2.29. The summed E-state index contributed by atoms with van der Waals surface area (Å²) >= 11 is 0. The van der Waals surface area contributed by atoms with E-state index in [-0.39, 0.29) is 5.41 Å². The highest BCUT2D eigenvalue weighted by Crippen LogP contribution is 2.51. The zero-order valence-electron chi connectivity index (χ0n) is 16.4. The van der Waals surface area contributed by atoms with Crippen molar-refractivity contribution in [1.29, 1.82) is 0 Å². The van der Waals surface area contributed by atoms with E-state index in [4.69, 9.17) is 4.98 Å². The molecule has 1 aliphatic rings. The Bertz CT molecular complexity index is 1430. The summed E-state index contributed by atoms with van der Waals surface area (Å²) in [5.41, 5.74) is 7.56. The molecule has 1 nitrogen and oxygen atoms in total. The standard InChI is InChI=1S/C27H21N/c1-27(2,3)22-13-11-17-8-6-10-19-21-15-20-18-9-5-4-7-16(18)12-14-23(20)28-26(21)25(22)24(17)19/h4-15H,1-3H3. The van der Waals surface area contributed by atoms with Crippen LogP contribution in [-0.2, 0) is 5.41 Å². The lowest BCUT2D eigenvalue weighted by Gasteiger charge is -2.23. The van der Waals surface area contributed by atoms with Crippen molar-refractivity contribution in [2.45, 2.75) is 26.2 Å². The van der Waals surface area contributed by atoms with Crippen LogP contribution in [0.25, 0.3) is 54.8 Å². The van der Waals surface area contributed by atoms with Crippen LogP contribution >= 0.6 is 0 Å². The molecule has 0 bridgehead atoms. The average Bonchev–Trinajstić information content (AvgIpc) is 3.01. The smallest absolute Gasteiger partial charge is 0.0797 e. The maximum Gasteiger partial charge on any atom is 0.0797 e. The van der Waals surface area contributed by atoms with Gasteiger partial charge in [0.2, 0.25) is 0 Å². The fraction of sp³-hybridized carbons (Fsp3) is 0.148. The van der Waals surface area contributed by atoms with E-state index in [0.29, 0.717) is 0 Å². The summed E-state index contributed by atoms with van der Waals surface area (Å²) in [6.45, 7) is 6.87. The first-order valence-electron chi connectivity index (χ1n) is 9.92. The van der Waals surface area contributed by atoms with Crippen molar-refractivity contribution in [3.05, 3.63) is 78.4 Å². The minimum atomic E-state index is 0.0677. The quantitative estimate of drug-likeness (QED) is 0.256. The number of hydrogen-bond donors (Lipinski definition) is 0. The van der Waals surface area contributed by atoms with E-state index < -0.39 is 0 Å². The van der Waals surface area contributed by atoms with Gasteiger partial charge in [0.05, 0.1) is 11.2 Å². The molecule has 0 N–H and O–H groups in total. The topological polar surface area (TPSA) is 12.9 Å². The number of rotatable bonds is 0. The Morgan fingerprint density at radius 2 is 1.46 bits per heavy atom. The normalized spacial score (nSPS) is 12.8. The molecular formula is C27H21N. The summed E-state index contributed by atoms with van der Waals surface area (Å²) in [6, 6.07) is 26.5. The lowest BCUT2D eigenvalue weighted by Crippen LogP contribution is -2.12. The first-order chi connectivity index (χ1) is 13.5. The average molecular weight is 359 g/mol. The molecule has 1 aromatic heterocycles. The van der Waals surface area contributed by atoms with Crippen molar-refractivity contribution in [3.63, 3.8) is 0 Å². The molecule has 1 aliphatic carbocycles. The van der Waals surface area contributed by atoms with Gasteiger partial charge in [0, 0.05) is 16.5 Å². The Morgan fingerprint density at radius 3 is 2.32 bits per heavy atom. The van der Waals surface area contributed by atoms with Gasteiger partial charge in [0.15, 0.2) is 0 Å². The highest BCUT2D eigenvalue weighted by atomic mass is 14.7. The van der Waals surface area contributed by atoms with Crippen molar-refractivity contribution in [2.24, 2.45) is 0 Å². The minimum absolute atomic E-state index is 0.0677. The third-order valence-corrected chi connectivity index (χ3v) is 6.10. The van der Waals surface area contributed by atoms with E-state index in [1.807, 2.05) is 0 Å². The van der Waals surface area contributed by atoms with Gasteiger partial charge in [0.1, 0.15) is 0 Å². The monoisotopic (exact) mass is 359 g/mol. The van der Waals surface area contributed by atoms with Crippen molar-refractivity contribution in [3.8, 4) is 22.4 Å². The Hall–Kier alpha value is -3.19. The van der Waals surface area contributed by atoms with Crippen LogP contribution in [0.1, 0.15) is 26.3 Å². The SMILES string of the molecule is CC(C)(C)c1ccc2cccc3c2c1-c1nc2ccc4ccccc4c2cc1-3. The summed E-state index contributed by atoms with van der Waals surface area (Å²) in [5, 5.41) is 6.43. The molecule has 6 rings (SSSR count). The fourth-order valence-corrected chi connectivity index (χ4v) is 4.80. The van der Waals surface area contributed by atoms with Gasteiger partial charge in [-0.05, 0) is 50.2 Å². The van der Waals surface area contributed by atoms with Crippen LogP contribution in [0, 0.1) is 0 Å². The number of fused-ring (bicyclic) bond motifs is 6. The Kier molecular flexibility index (Phi) is 2.94. The molecule has 4 aromatic carbocycles. The van der Waals surface area contributed by atoms with Gasteiger partial charge in [-0.2, -0.15) is 0 Å². The number of hydrogen-bond acceptors (Lipinski definition) is 1. The second-order valence-corrected chi connectivity index (χ2v) is 8.88. The molecule has 0 fully saturated rings. The maximum absolute atomic E-state index is 5.22. The van der Waals surface area contributed by atoms with Crippen LogP contribution in [0.15, 0.2) is 72.8 Å². The van der Waals surface area contributed by atoms with Crippen LogP contribution < -0.4 is 0 Å². The zero-order valence-corrected chi connectivity index (χ0v) is 16.4. The lowest BCUT2D eigenvalue weighted by atomic mass is 9.82. The Labute approximate surface area is 164 Å². The summed E-state index contributed by atoms with van der Waals surface area (Å²) in [4.78, 5) is 5.22. The van der Waals surface area contributed by atoms with Gasteiger partial charge in [0.25, 0.3) is 0 Å². The van der Waals surface area contributed by atoms with Crippen molar-refractivity contribution < 1.29 is 0 Å². The van der Waals surface area contributed by atoms with E-state index in [1.165, 1.54) is 49.2 Å². The third-order valence-electron chi connectivity index (χ3n) is 6.10. The Morgan fingerprint density at radius 1 is 0.679 bits per heavy atom. The molecule has 0 saturated heterocycles. The second kappa shape index (κ2) is 5.20. The molecule has 0 atom stereocenters. The van der Waals surface area contributed by atoms with Crippen LogP contribution in [0.3, 0.4) is 0 Å². The molecule has 0 amide bonds. The third kappa shape index (κ3) is 1.99. The van der Waals surface area contributed by atoms with Gasteiger partial charge in [-0.15, -0.1) is 0 Å². The van der Waals surface area contributed by atoms with E-state index in [2.05, 4.69) is 93.6 Å². The van der Waals surface area contributed by atoms with Crippen LogP contribution in [-0.4, -0.2) is 4.98 Å². The molecule has 0 aliphatic heterocycles. The van der Waals surface area contributed by atoms with Crippen LogP contribution in [0.5, 0.6) is 0 Å². The maximum atomic E-state index is 5.22. The van der Waals surface area contributed by atoms with E-state index >= 15 is 0 Å². The van der Waals surface area contributed by atoms with E-state index in [1.54, 1.807) is 0 Å². The van der Waals surface area contributed by atoms with Gasteiger partial charge >= 0.3 is 0 Å². The number of aromatic nitrogens is 1. The van der Waals surface area contributed by atoms with Crippen LogP contribution in [0.2, 0.25) is 0 Å². The van der Waals surface area contributed by atoms with Crippen molar-refractivity contribution >= 4 is 32.4 Å². The van der Waals surface area contributed by atoms with Crippen LogP contribution in [0.4, 0.5) is 0 Å². The molecule has 5 aromatic rings. The minimum Gasteiger partial charge on any atom is -0.247 e. The van der Waals surface area contributed by atoms with Gasteiger partial charge in [-0.3, -0.25) is 0 Å². The zero-order chi connectivity index (χ0) is 19.0. The van der Waals surface area contributed by atoms with Crippen molar-refractivity contribution in [1.82, 2.24) is 4.98 Å². The fourth-order valence-electron chi connectivity index (χ4n) is 4.80. The molecule has 1 heteroatoms. The van der Waals surface area contributed by atoms with Gasteiger partial charge in [-0.25, -0.2) is 4.98 Å². The number of nitrogens with zero attached hydrogens (tertiary/aromatic N) is 1. The lowest BCUT2D eigenvalue weighted by molar-refractivity contribution is 0.592. The summed E-state index contributed by atoms with van der Waals surface area (Å²) in [6.07, 6.45) is 0. The molecule has 0 unspecified atom stereocenters. The predicted molar refractivity (Wildman–Crippen MR) is 120 cm³/mol. The van der Waals surface area contributed by atoms with Gasteiger partial charge < -0.3 is 0 Å².